The van der Waals surface area contributed by atoms with Crippen molar-refractivity contribution in [3.05, 3.63) is 71.0 Å². The van der Waals surface area contributed by atoms with Crippen LogP contribution in [-0.2, 0) is 9.53 Å². The minimum Gasteiger partial charge on any atom is -0.373 e. The van der Waals surface area contributed by atoms with E-state index >= 15 is 0 Å². The zero-order valence-electron chi connectivity index (χ0n) is 15.6. The Morgan fingerprint density at radius 1 is 1.03 bits per heavy atom. The maximum absolute atomic E-state index is 13.6. The molecule has 8 heteroatoms. The number of carbonyl (C=O) groups excluding carboxylic acids is 2. The van der Waals surface area contributed by atoms with Crippen LogP contribution in [0.2, 0.25) is 0 Å². The first-order chi connectivity index (χ1) is 13.9. The van der Waals surface area contributed by atoms with Crippen molar-refractivity contribution in [2.75, 3.05) is 13.2 Å². The van der Waals surface area contributed by atoms with E-state index in [1.807, 2.05) is 0 Å². The highest BCUT2D eigenvalue weighted by molar-refractivity contribution is 5.94. The largest absolute Gasteiger partial charge is 0.373 e. The van der Waals surface area contributed by atoms with Gasteiger partial charge >= 0.3 is 0 Å². The lowest BCUT2D eigenvalue weighted by Crippen LogP contribution is -2.41. The van der Waals surface area contributed by atoms with Crippen LogP contribution in [-0.4, -0.2) is 31.0 Å². The lowest BCUT2D eigenvalue weighted by atomic mass is 9.97. The average molecular weight is 406 g/mol. The summed E-state index contributed by atoms with van der Waals surface area (Å²) in [6, 6.07) is 8.63. The van der Waals surface area contributed by atoms with E-state index in [0.29, 0.717) is 25.5 Å². The van der Waals surface area contributed by atoms with Gasteiger partial charge < -0.3 is 15.4 Å². The van der Waals surface area contributed by atoms with E-state index in [2.05, 4.69) is 10.6 Å². The number of hydrogen-bond acceptors (Lipinski definition) is 3. The lowest BCUT2D eigenvalue weighted by molar-refractivity contribution is -0.122. The molecule has 2 aromatic rings. The number of nitrogens with one attached hydrogen (secondary N) is 2. The van der Waals surface area contributed by atoms with Crippen molar-refractivity contribution in [1.82, 2.24) is 10.6 Å². The van der Waals surface area contributed by atoms with Crippen molar-refractivity contribution < 1.29 is 27.5 Å². The minimum atomic E-state index is -0.957. The Bertz CT molecular complexity index is 874. The molecule has 2 aromatic carbocycles. The zero-order chi connectivity index (χ0) is 20.8. The van der Waals surface area contributed by atoms with Gasteiger partial charge in [-0.25, -0.2) is 13.2 Å². The molecule has 1 saturated heterocycles. The van der Waals surface area contributed by atoms with E-state index < -0.39 is 17.5 Å². The maximum atomic E-state index is 13.6. The third-order valence-electron chi connectivity index (χ3n) is 4.70. The number of rotatable bonds is 6. The summed E-state index contributed by atoms with van der Waals surface area (Å²) >= 11 is 0. The van der Waals surface area contributed by atoms with Gasteiger partial charge in [0.15, 0.2) is 0 Å². The van der Waals surface area contributed by atoms with Crippen LogP contribution in [0.3, 0.4) is 0 Å². The Morgan fingerprint density at radius 3 is 2.48 bits per heavy atom. The fourth-order valence-electron chi connectivity index (χ4n) is 3.20. The second kappa shape index (κ2) is 9.56. The maximum Gasteiger partial charge on any atom is 0.254 e. The summed E-state index contributed by atoms with van der Waals surface area (Å²) in [6.07, 6.45) is 1.00. The monoisotopic (exact) mass is 406 g/mol. The first kappa shape index (κ1) is 20.9. The molecule has 1 aliphatic rings. The number of benzene rings is 2. The molecular formula is C21H21F3N2O3. The molecule has 29 heavy (non-hydrogen) atoms. The molecular weight excluding hydrogens is 385 g/mol. The summed E-state index contributed by atoms with van der Waals surface area (Å²) in [5.41, 5.74) is 0.567. The van der Waals surface area contributed by atoms with E-state index in [4.69, 9.17) is 4.74 Å². The molecule has 2 N–H and O–H groups in total. The summed E-state index contributed by atoms with van der Waals surface area (Å²) < 4.78 is 45.2. The first-order valence-electron chi connectivity index (χ1n) is 9.32. The standard InChI is InChI=1S/C21H21F3N2O3/c22-14-3-1-13(2-4-14)19-12-16(8-10-29-19)26-20(27)7-9-25-21(28)17-6-5-15(23)11-18(17)24/h1-6,11,16,19H,7-10,12H2,(H,25,28)(H,26,27)/t16-,19+/m1/s1. The van der Waals surface area contributed by atoms with E-state index in [1.54, 1.807) is 12.1 Å². The van der Waals surface area contributed by atoms with E-state index in [1.165, 1.54) is 12.1 Å². The molecule has 0 saturated carbocycles. The smallest absolute Gasteiger partial charge is 0.254 e. The normalized spacial score (nSPS) is 18.9. The van der Waals surface area contributed by atoms with Crippen LogP contribution in [0, 0.1) is 17.5 Å². The summed E-state index contributed by atoms with van der Waals surface area (Å²) in [4.78, 5) is 24.1. The van der Waals surface area contributed by atoms with Crippen molar-refractivity contribution >= 4 is 11.8 Å². The molecule has 2 atom stereocenters. The Kier molecular flexibility index (Phi) is 6.87. The molecule has 154 valence electrons. The molecule has 2 amide bonds. The third kappa shape index (κ3) is 5.80. The molecule has 0 spiro atoms. The highest BCUT2D eigenvalue weighted by Crippen LogP contribution is 2.28. The summed E-state index contributed by atoms with van der Waals surface area (Å²) in [5, 5.41) is 5.34. The van der Waals surface area contributed by atoms with Gasteiger partial charge in [-0.3, -0.25) is 9.59 Å². The first-order valence-corrected chi connectivity index (χ1v) is 9.32. The summed E-state index contributed by atoms with van der Waals surface area (Å²) in [5.74, 6) is -3.01. The van der Waals surface area contributed by atoms with E-state index in [9.17, 15) is 22.8 Å². The highest BCUT2D eigenvalue weighted by atomic mass is 19.1. The molecule has 1 fully saturated rings. The van der Waals surface area contributed by atoms with E-state index in [0.717, 1.165) is 17.7 Å². The molecule has 0 unspecified atom stereocenters. The fraction of sp³-hybridized carbons (Fsp3) is 0.333. The van der Waals surface area contributed by atoms with Gasteiger partial charge in [-0.1, -0.05) is 12.1 Å². The Balaban J connectivity index is 1.44. The van der Waals surface area contributed by atoms with Gasteiger partial charge in [-0.2, -0.15) is 0 Å². The fourth-order valence-corrected chi connectivity index (χ4v) is 3.20. The average Bonchev–Trinajstić information content (AvgIpc) is 2.68. The van der Waals surface area contributed by atoms with Crippen LogP contribution < -0.4 is 10.6 Å². The van der Waals surface area contributed by atoms with Gasteiger partial charge in [0.2, 0.25) is 5.91 Å². The summed E-state index contributed by atoms with van der Waals surface area (Å²) in [6.45, 7) is 0.486. The summed E-state index contributed by atoms with van der Waals surface area (Å²) in [7, 11) is 0. The van der Waals surface area contributed by atoms with Gasteiger partial charge in [-0.05, 0) is 42.7 Å². The molecule has 3 rings (SSSR count). The van der Waals surface area contributed by atoms with Crippen LogP contribution in [0.1, 0.15) is 41.3 Å². The van der Waals surface area contributed by atoms with Crippen molar-refractivity contribution in [3.8, 4) is 0 Å². The van der Waals surface area contributed by atoms with Crippen LogP contribution in [0.4, 0.5) is 13.2 Å². The number of halogens is 3. The van der Waals surface area contributed by atoms with Gasteiger partial charge in [0.05, 0.1) is 11.7 Å². The molecule has 0 aromatic heterocycles. The highest BCUT2D eigenvalue weighted by Gasteiger charge is 2.25. The predicted molar refractivity (Wildman–Crippen MR) is 99.6 cm³/mol. The molecule has 0 aliphatic carbocycles. The van der Waals surface area contributed by atoms with Crippen LogP contribution in [0.25, 0.3) is 0 Å². The van der Waals surface area contributed by atoms with Crippen LogP contribution >= 0.6 is 0 Å². The second-order valence-electron chi connectivity index (χ2n) is 6.83. The van der Waals surface area contributed by atoms with Crippen LogP contribution in [0.15, 0.2) is 42.5 Å². The molecule has 0 radical (unpaired) electrons. The van der Waals surface area contributed by atoms with E-state index in [-0.39, 0.29) is 42.4 Å². The van der Waals surface area contributed by atoms with Crippen LogP contribution in [0.5, 0.6) is 0 Å². The Morgan fingerprint density at radius 2 is 1.76 bits per heavy atom. The predicted octanol–water partition coefficient (Wildman–Crippen LogP) is 3.26. The molecule has 1 heterocycles. The SMILES string of the molecule is O=C(CCNC(=O)c1ccc(F)cc1F)N[C@@H]1CCO[C@H](c2ccc(F)cc2)C1. The Hall–Kier alpha value is -2.87. The number of hydrogen-bond donors (Lipinski definition) is 2. The zero-order valence-corrected chi connectivity index (χ0v) is 15.6. The minimum absolute atomic E-state index is 0.0199. The molecule has 0 bridgehead atoms. The van der Waals surface area contributed by atoms with Gasteiger partial charge in [0, 0.05) is 31.7 Å². The topological polar surface area (TPSA) is 67.4 Å². The van der Waals surface area contributed by atoms with Gasteiger partial charge in [0.25, 0.3) is 5.91 Å². The van der Waals surface area contributed by atoms with Crippen molar-refractivity contribution in [2.45, 2.75) is 31.4 Å². The Labute approximate surface area is 166 Å². The van der Waals surface area contributed by atoms with Crippen molar-refractivity contribution in [2.24, 2.45) is 0 Å². The number of amides is 2. The van der Waals surface area contributed by atoms with Crippen molar-refractivity contribution in [1.29, 1.82) is 0 Å². The number of carbonyl (C=O) groups is 2. The number of ether oxygens (including phenoxy) is 1. The lowest BCUT2D eigenvalue weighted by Gasteiger charge is -2.30. The molecule has 1 aliphatic heterocycles. The van der Waals surface area contributed by atoms with Gasteiger partial charge in [-0.15, -0.1) is 0 Å². The van der Waals surface area contributed by atoms with Crippen molar-refractivity contribution in [3.63, 3.8) is 0 Å². The quantitative estimate of drug-likeness (QED) is 0.774. The molecule has 5 nitrogen and oxygen atoms in total. The third-order valence-corrected chi connectivity index (χ3v) is 4.70. The van der Waals surface area contributed by atoms with Gasteiger partial charge in [0.1, 0.15) is 17.5 Å². The second-order valence-corrected chi connectivity index (χ2v) is 6.83.